The molecule has 1 heterocycles. The van der Waals surface area contributed by atoms with Crippen LogP contribution in [0.15, 0.2) is 12.3 Å². The first kappa shape index (κ1) is 10.7. The van der Waals surface area contributed by atoms with Crippen LogP contribution in [0.1, 0.15) is 0 Å². The maximum absolute atomic E-state index is 5.49. The minimum atomic E-state index is 0.471. The molecule has 0 unspecified atom stereocenters. The molecule has 0 radical (unpaired) electrons. The number of hydrogen-bond donors (Lipinski definition) is 2. The van der Waals surface area contributed by atoms with Gasteiger partial charge in [-0.05, 0) is 6.07 Å². The summed E-state index contributed by atoms with van der Waals surface area (Å²) in [5.74, 6) is 5.26. The first-order valence-electron chi connectivity index (χ1n) is 4.16. The lowest BCUT2D eigenvalue weighted by Crippen LogP contribution is -2.08. The highest BCUT2D eigenvalue weighted by atomic mass is 32.2. The summed E-state index contributed by atoms with van der Waals surface area (Å²) in [5, 5.41) is 3.05. The molecule has 0 saturated carbocycles. The third-order valence-corrected chi connectivity index (χ3v) is 2.26. The van der Waals surface area contributed by atoms with Gasteiger partial charge < -0.3 is 11.1 Å². The van der Waals surface area contributed by atoms with Gasteiger partial charge in [-0.2, -0.15) is 4.98 Å². The number of terminal acetylenes is 1. The van der Waals surface area contributed by atoms with E-state index in [1.807, 2.05) is 0 Å². The Labute approximate surface area is 87.7 Å². The van der Waals surface area contributed by atoms with Crippen molar-refractivity contribution in [2.75, 3.05) is 29.1 Å². The molecule has 4 nitrogen and oxygen atoms in total. The summed E-state index contributed by atoms with van der Waals surface area (Å²) in [6.45, 7) is 0.788. The molecule has 0 atom stereocenters. The number of nitrogens with two attached hydrogens (primary N) is 1. The third kappa shape index (κ3) is 4.01. The van der Waals surface area contributed by atoms with Crippen molar-refractivity contribution in [1.29, 1.82) is 0 Å². The molecule has 1 rings (SSSR count). The summed E-state index contributed by atoms with van der Waals surface area (Å²) in [7, 11) is 0. The summed E-state index contributed by atoms with van der Waals surface area (Å²) >= 11 is 1.69. The van der Waals surface area contributed by atoms with Gasteiger partial charge in [0.2, 0.25) is 5.95 Å². The molecule has 0 fully saturated rings. The van der Waals surface area contributed by atoms with Gasteiger partial charge in [-0.1, -0.05) is 5.92 Å². The van der Waals surface area contributed by atoms with Crippen molar-refractivity contribution in [2.24, 2.45) is 0 Å². The summed E-state index contributed by atoms with van der Waals surface area (Å²) in [5.41, 5.74) is 5.49. The molecule has 0 bridgehead atoms. The highest BCUT2D eigenvalue weighted by Crippen LogP contribution is 2.02. The summed E-state index contributed by atoms with van der Waals surface area (Å²) in [6, 6.07) is 1.65. The van der Waals surface area contributed by atoms with Gasteiger partial charge >= 0.3 is 0 Å². The zero-order chi connectivity index (χ0) is 10.2. The van der Waals surface area contributed by atoms with Gasteiger partial charge in [0, 0.05) is 18.5 Å². The Bertz CT molecular complexity index is 321. The van der Waals surface area contributed by atoms with E-state index in [-0.39, 0.29) is 0 Å². The van der Waals surface area contributed by atoms with Gasteiger partial charge in [0.1, 0.15) is 5.82 Å². The molecule has 0 aromatic carbocycles. The molecule has 1 aromatic rings. The zero-order valence-corrected chi connectivity index (χ0v) is 8.55. The molecule has 74 valence electrons. The van der Waals surface area contributed by atoms with Crippen LogP contribution >= 0.6 is 11.8 Å². The minimum Gasteiger partial charge on any atom is -0.384 e. The quantitative estimate of drug-likeness (QED) is 0.554. The molecule has 3 N–H and O–H groups in total. The van der Waals surface area contributed by atoms with Gasteiger partial charge in [0.25, 0.3) is 0 Å². The van der Waals surface area contributed by atoms with Crippen molar-refractivity contribution in [3.63, 3.8) is 0 Å². The maximum atomic E-state index is 5.49. The van der Waals surface area contributed by atoms with E-state index in [1.165, 1.54) is 0 Å². The average molecular weight is 208 g/mol. The summed E-state index contributed by atoms with van der Waals surface area (Å²) < 4.78 is 0. The van der Waals surface area contributed by atoms with E-state index < -0.39 is 0 Å². The number of nitrogens with one attached hydrogen (secondary N) is 1. The Hall–Kier alpha value is -1.41. The van der Waals surface area contributed by atoms with Crippen LogP contribution in [-0.2, 0) is 0 Å². The lowest BCUT2D eigenvalue weighted by Gasteiger charge is -2.03. The molecule has 5 heteroatoms. The Morgan fingerprint density at radius 3 is 3.21 bits per heavy atom. The smallest absolute Gasteiger partial charge is 0.224 e. The van der Waals surface area contributed by atoms with E-state index in [4.69, 9.17) is 12.2 Å². The number of nitrogen functional groups attached to an aromatic ring is 1. The third-order valence-electron chi connectivity index (χ3n) is 1.39. The van der Waals surface area contributed by atoms with Gasteiger partial charge in [-0.3, -0.25) is 0 Å². The fourth-order valence-electron chi connectivity index (χ4n) is 0.824. The maximum Gasteiger partial charge on any atom is 0.224 e. The number of hydrogen-bond acceptors (Lipinski definition) is 5. The number of rotatable bonds is 5. The molecule has 0 amide bonds. The topological polar surface area (TPSA) is 63.8 Å². The molecule has 0 spiro atoms. The largest absolute Gasteiger partial charge is 0.384 e. The number of anilines is 2. The summed E-state index contributed by atoms with van der Waals surface area (Å²) in [4.78, 5) is 8.00. The molecule has 1 aromatic heterocycles. The second-order valence-electron chi connectivity index (χ2n) is 2.49. The van der Waals surface area contributed by atoms with Crippen LogP contribution in [0.2, 0.25) is 0 Å². The number of nitrogens with zero attached hydrogens (tertiary/aromatic N) is 2. The van der Waals surface area contributed by atoms with E-state index in [0.717, 1.165) is 18.1 Å². The van der Waals surface area contributed by atoms with E-state index >= 15 is 0 Å². The van der Waals surface area contributed by atoms with Crippen LogP contribution in [0, 0.1) is 12.3 Å². The van der Waals surface area contributed by atoms with Crippen LogP contribution in [0.5, 0.6) is 0 Å². The number of thioether (sulfide) groups is 1. The van der Waals surface area contributed by atoms with Crippen LogP contribution < -0.4 is 11.1 Å². The highest BCUT2D eigenvalue weighted by molar-refractivity contribution is 7.99. The lowest BCUT2D eigenvalue weighted by molar-refractivity contribution is 1.10. The molecular weight excluding hydrogens is 196 g/mol. The highest BCUT2D eigenvalue weighted by Gasteiger charge is 1.94. The molecule has 0 aliphatic rings. The van der Waals surface area contributed by atoms with Crippen molar-refractivity contribution in [3.8, 4) is 12.3 Å². The minimum absolute atomic E-state index is 0.471. The first-order chi connectivity index (χ1) is 6.83. The Kier molecular flexibility index (Phi) is 4.65. The fraction of sp³-hybridized carbons (Fsp3) is 0.333. The summed E-state index contributed by atoms with van der Waals surface area (Å²) in [6.07, 6.45) is 6.73. The van der Waals surface area contributed by atoms with E-state index in [2.05, 4.69) is 21.2 Å². The molecule has 14 heavy (non-hydrogen) atoms. The van der Waals surface area contributed by atoms with Crippen molar-refractivity contribution in [2.45, 2.75) is 0 Å². The number of aromatic nitrogens is 2. The van der Waals surface area contributed by atoms with Crippen molar-refractivity contribution >= 4 is 23.5 Å². The molecule has 0 saturated heterocycles. The van der Waals surface area contributed by atoms with Crippen LogP contribution in [-0.4, -0.2) is 28.0 Å². The Balaban J connectivity index is 2.22. The molecular formula is C9H12N4S. The normalized spacial score (nSPS) is 9.36. The monoisotopic (exact) mass is 208 g/mol. The van der Waals surface area contributed by atoms with Gasteiger partial charge in [0.05, 0.1) is 5.75 Å². The SMILES string of the molecule is C#CCSCCNc1nccc(N)n1. The second-order valence-corrected chi connectivity index (χ2v) is 3.59. The van der Waals surface area contributed by atoms with Crippen LogP contribution in [0.25, 0.3) is 0 Å². The molecule has 0 aliphatic heterocycles. The predicted octanol–water partition coefficient (Wildman–Crippen LogP) is 0.837. The van der Waals surface area contributed by atoms with E-state index in [0.29, 0.717) is 11.8 Å². The van der Waals surface area contributed by atoms with E-state index in [9.17, 15) is 0 Å². The predicted molar refractivity (Wildman–Crippen MR) is 61.1 cm³/mol. The molecule has 0 aliphatic carbocycles. The van der Waals surface area contributed by atoms with E-state index in [1.54, 1.807) is 24.0 Å². The second kappa shape index (κ2) is 6.11. The van der Waals surface area contributed by atoms with Crippen LogP contribution in [0.3, 0.4) is 0 Å². The first-order valence-corrected chi connectivity index (χ1v) is 5.32. The van der Waals surface area contributed by atoms with Crippen molar-refractivity contribution in [3.05, 3.63) is 12.3 Å². The van der Waals surface area contributed by atoms with Gasteiger partial charge in [0.15, 0.2) is 0 Å². The average Bonchev–Trinajstić information content (AvgIpc) is 2.18. The van der Waals surface area contributed by atoms with Crippen molar-refractivity contribution in [1.82, 2.24) is 9.97 Å². The van der Waals surface area contributed by atoms with Gasteiger partial charge in [-0.15, -0.1) is 18.2 Å². The van der Waals surface area contributed by atoms with Crippen LogP contribution in [0.4, 0.5) is 11.8 Å². The lowest BCUT2D eigenvalue weighted by atomic mass is 10.6. The Morgan fingerprint density at radius 1 is 1.64 bits per heavy atom. The Morgan fingerprint density at radius 2 is 2.50 bits per heavy atom. The van der Waals surface area contributed by atoms with Crippen molar-refractivity contribution < 1.29 is 0 Å². The zero-order valence-electron chi connectivity index (χ0n) is 7.73. The fourth-order valence-corrected chi connectivity index (χ4v) is 1.33. The standard InChI is InChI=1S/C9H12N4S/c1-2-6-14-7-5-12-9-11-4-3-8(10)13-9/h1,3-4H,5-7H2,(H3,10,11,12,13). The van der Waals surface area contributed by atoms with Gasteiger partial charge in [-0.25, -0.2) is 4.98 Å².